The standard InChI is InChI=1S/C12H21F3N2O3S/c1-5-11(6-2,21-4)7-16-9(20)17-10(3,8(18)19)12(13,14)15/h5-7H2,1-4H3,(H,18,19)(H2,16,17,20). The predicted octanol–water partition coefficient (Wildman–Crippen LogP) is 2.61. The molecule has 21 heavy (non-hydrogen) atoms. The molecule has 5 nitrogen and oxygen atoms in total. The Morgan fingerprint density at radius 3 is 1.95 bits per heavy atom. The normalized spacial score (nSPS) is 15.2. The molecule has 124 valence electrons. The molecule has 0 saturated heterocycles. The van der Waals surface area contributed by atoms with Crippen molar-refractivity contribution in [2.45, 2.75) is 50.1 Å². The highest BCUT2D eigenvalue weighted by Crippen LogP contribution is 2.31. The largest absolute Gasteiger partial charge is 0.479 e. The number of aliphatic carboxylic acids is 1. The maximum atomic E-state index is 12.8. The average molecular weight is 330 g/mol. The first kappa shape index (κ1) is 19.9. The third-order valence-electron chi connectivity index (χ3n) is 3.65. The number of alkyl halides is 3. The predicted molar refractivity (Wildman–Crippen MR) is 75.5 cm³/mol. The summed E-state index contributed by atoms with van der Waals surface area (Å²) in [5.74, 6) is -2.16. The van der Waals surface area contributed by atoms with Crippen LogP contribution in [0.2, 0.25) is 0 Å². The average Bonchev–Trinajstić information content (AvgIpc) is 2.39. The van der Waals surface area contributed by atoms with E-state index in [0.717, 1.165) is 12.8 Å². The van der Waals surface area contributed by atoms with Gasteiger partial charge in [0.1, 0.15) is 0 Å². The number of thioether (sulfide) groups is 1. The number of urea groups is 1. The fraction of sp³-hybridized carbons (Fsp3) is 0.833. The molecule has 2 amide bonds. The van der Waals surface area contributed by atoms with Crippen molar-refractivity contribution in [3.8, 4) is 0 Å². The van der Waals surface area contributed by atoms with Gasteiger partial charge in [-0.3, -0.25) is 0 Å². The van der Waals surface area contributed by atoms with Gasteiger partial charge in [0.05, 0.1) is 0 Å². The maximum absolute atomic E-state index is 12.8. The molecule has 0 aromatic carbocycles. The van der Waals surface area contributed by atoms with Crippen LogP contribution in [0.4, 0.5) is 18.0 Å². The van der Waals surface area contributed by atoms with Gasteiger partial charge >= 0.3 is 18.2 Å². The maximum Gasteiger partial charge on any atom is 0.422 e. The number of amides is 2. The molecule has 0 fully saturated rings. The zero-order chi connectivity index (χ0) is 16.9. The second-order valence-electron chi connectivity index (χ2n) is 4.83. The van der Waals surface area contributed by atoms with Crippen molar-refractivity contribution in [1.29, 1.82) is 0 Å². The molecule has 0 saturated carbocycles. The van der Waals surface area contributed by atoms with Crippen LogP contribution < -0.4 is 10.6 Å². The van der Waals surface area contributed by atoms with Gasteiger partial charge in [0.15, 0.2) is 0 Å². The van der Waals surface area contributed by atoms with E-state index in [1.54, 1.807) is 0 Å². The van der Waals surface area contributed by atoms with Gasteiger partial charge in [0, 0.05) is 11.3 Å². The Morgan fingerprint density at radius 1 is 1.19 bits per heavy atom. The van der Waals surface area contributed by atoms with Crippen LogP contribution in [0.3, 0.4) is 0 Å². The van der Waals surface area contributed by atoms with Crippen LogP contribution in [0.1, 0.15) is 33.6 Å². The number of hydrogen-bond donors (Lipinski definition) is 3. The zero-order valence-corrected chi connectivity index (χ0v) is 13.2. The minimum absolute atomic E-state index is 0.153. The third-order valence-corrected chi connectivity index (χ3v) is 5.24. The summed E-state index contributed by atoms with van der Waals surface area (Å²) < 4.78 is 38.0. The Bertz CT molecular complexity index is 378. The number of carboxylic acids is 1. The van der Waals surface area contributed by atoms with Gasteiger partial charge in [0.2, 0.25) is 5.54 Å². The fourth-order valence-corrected chi connectivity index (χ4v) is 2.41. The van der Waals surface area contributed by atoms with Crippen molar-refractivity contribution < 1.29 is 27.9 Å². The number of nitrogens with one attached hydrogen (secondary N) is 2. The van der Waals surface area contributed by atoms with Crippen molar-refractivity contribution in [3.63, 3.8) is 0 Å². The summed E-state index contributed by atoms with van der Waals surface area (Å²) in [5, 5.41) is 12.5. The van der Waals surface area contributed by atoms with Crippen molar-refractivity contribution in [2.24, 2.45) is 0 Å². The van der Waals surface area contributed by atoms with Crippen molar-refractivity contribution in [1.82, 2.24) is 10.6 Å². The number of carbonyl (C=O) groups excluding carboxylic acids is 1. The first-order valence-electron chi connectivity index (χ1n) is 6.39. The molecule has 0 radical (unpaired) electrons. The lowest BCUT2D eigenvalue weighted by atomic mass is 10.0. The third kappa shape index (κ3) is 4.69. The van der Waals surface area contributed by atoms with E-state index in [2.05, 4.69) is 5.32 Å². The quantitative estimate of drug-likeness (QED) is 0.670. The summed E-state index contributed by atoms with van der Waals surface area (Å²) in [4.78, 5) is 22.4. The van der Waals surface area contributed by atoms with Crippen LogP contribution in [0.25, 0.3) is 0 Å². The van der Waals surface area contributed by atoms with E-state index in [1.165, 1.54) is 17.1 Å². The molecule has 0 aliphatic rings. The Morgan fingerprint density at radius 2 is 1.67 bits per heavy atom. The lowest BCUT2D eigenvalue weighted by Gasteiger charge is -2.32. The number of hydrogen-bond acceptors (Lipinski definition) is 3. The Kier molecular flexibility index (Phi) is 6.85. The number of carbonyl (C=O) groups is 2. The second-order valence-corrected chi connectivity index (χ2v) is 6.10. The van der Waals surface area contributed by atoms with Crippen LogP contribution in [-0.4, -0.2) is 46.4 Å². The van der Waals surface area contributed by atoms with Gasteiger partial charge in [-0.05, 0) is 26.0 Å². The van der Waals surface area contributed by atoms with Crippen molar-refractivity contribution in [2.75, 3.05) is 12.8 Å². The van der Waals surface area contributed by atoms with Gasteiger partial charge in [0.25, 0.3) is 0 Å². The molecule has 0 aliphatic heterocycles. The molecule has 0 rings (SSSR count). The van der Waals surface area contributed by atoms with Crippen molar-refractivity contribution >= 4 is 23.8 Å². The van der Waals surface area contributed by atoms with Crippen LogP contribution >= 0.6 is 11.8 Å². The molecule has 0 heterocycles. The number of halogens is 3. The van der Waals surface area contributed by atoms with E-state index in [-0.39, 0.29) is 11.3 Å². The number of rotatable bonds is 7. The lowest BCUT2D eigenvalue weighted by Crippen LogP contribution is -2.64. The van der Waals surface area contributed by atoms with E-state index >= 15 is 0 Å². The molecule has 0 aliphatic carbocycles. The second kappa shape index (κ2) is 7.24. The highest BCUT2D eigenvalue weighted by Gasteiger charge is 2.58. The van der Waals surface area contributed by atoms with Gasteiger partial charge < -0.3 is 15.7 Å². The molecular weight excluding hydrogens is 309 g/mol. The first-order valence-corrected chi connectivity index (χ1v) is 7.61. The van der Waals surface area contributed by atoms with E-state index < -0.39 is 23.7 Å². The summed E-state index contributed by atoms with van der Waals surface area (Å²) in [5.41, 5.74) is -3.32. The molecule has 3 N–H and O–H groups in total. The van der Waals surface area contributed by atoms with Crippen molar-refractivity contribution in [3.05, 3.63) is 0 Å². The van der Waals surface area contributed by atoms with Gasteiger partial charge in [-0.15, -0.1) is 0 Å². The molecular formula is C12H21F3N2O3S. The molecule has 0 spiro atoms. The molecule has 1 atom stereocenters. The summed E-state index contributed by atoms with van der Waals surface area (Å²) in [6.45, 7) is 4.39. The minimum Gasteiger partial charge on any atom is -0.479 e. The molecule has 1 unspecified atom stereocenters. The first-order chi connectivity index (χ1) is 9.48. The fourth-order valence-electron chi connectivity index (χ4n) is 1.62. The monoisotopic (exact) mass is 330 g/mol. The molecule has 0 aromatic rings. The highest BCUT2D eigenvalue weighted by atomic mass is 32.2. The van der Waals surface area contributed by atoms with Crippen LogP contribution in [0, 0.1) is 0 Å². The smallest absolute Gasteiger partial charge is 0.422 e. The lowest BCUT2D eigenvalue weighted by molar-refractivity contribution is -0.203. The summed E-state index contributed by atoms with van der Waals surface area (Å²) >= 11 is 1.51. The Labute approximate surface area is 126 Å². The van der Waals surface area contributed by atoms with E-state index in [9.17, 15) is 22.8 Å². The SMILES string of the molecule is CCC(CC)(CNC(=O)NC(C)(C(=O)O)C(F)(F)F)SC. The van der Waals surface area contributed by atoms with E-state index in [0.29, 0.717) is 6.92 Å². The van der Waals surface area contributed by atoms with Gasteiger partial charge in [-0.25, -0.2) is 9.59 Å². The minimum atomic E-state index is -5.09. The zero-order valence-electron chi connectivity index (χ0n) is 12.4. The molecule has 0 aromatic heterocycles. The summed E-state index contributed by atoms with van der Waals surface area (Å²) in [7, 11) is 0. The number of carboxylic acid groups (broad SMARTS) is 1. The summed E-state index contributed by atoms with van der Waals surface area (Å²) in [6, 6.07) is -1.16. The van der Waals surface area contributed by atoms with E-state index in [4.69, 9.17) is 5.11 Å². The Hall–Kier alpha value is -1.12. The summed E-state index contributed by atoms with van der Waals surface area (Å²) in [6.07, 6.45) is -1.80. The topological polar surface area (TPSA) is 78.4 Å². The van der Waals surface area contributed by atoms with Gasteiger partial charge in [-0.2, -0.15) is 24.9 Å². The molecule has 9 heteroatoms. The van der Waals surface area contributed by atoms with Crippen LogP contribution in [-0.2, 0) is 4.79 Å². The van der Waals surface area contributed by atoms with Crippen LogP contribution in [0.5, 0.6) is 0 Å². The van der Waals surface area contributed by atoms with Crippen LogP contribution in [0.15, 0.2) is 0 Å². The van der Waals surface area contributed by atoms with E-state index in [1.807, 2.05) is 20.1 Å². The Balaban J connectivity index is 4.87. The highest BCUT2D eigenvalue weighted by molar-refractivity contribution is 8.00. The molecule has 0 bridgehead atoms. The van der Waals surface area contributed by atoms with Gasteiger partial charge in [-0.1, -0.05) is 13.8 Å².